The van der Waals surface area contributed by atoms with Crippen LogP contribution in [0, 0.1) is 0 Å². The lowest BCUT2D eigenvalue weighted by Gasteiger charge is -2.03. The normalized spacial score (nSPS) is 14.0. The lowest BCUT2D eigenvalue weighted by Crippen LogP contribution is -2.03. The number of carbonyl (C=O) groups is 2. The number of esters is 1. The van der Waals surface area contributed by atoms with Crippen LogP contribution in [0.2, 0.25) is 0 Å². The van der Waals surface area contributed by atoms with Crippen LogP contribution in [0.5, 0.6) is 11.5 Å². The summed E-state index contributed by atoms with van der Waals surface area (Å²) in [5.41, 5.74) is 3.47. The molecule has 3 aromatic rings. The van der Waals surface area contributed by atoms with Gasteiger partial charge in [0.25, 0.3) is 0 Å². The van der Waals surface area contributed by atoms with E-state index in [-0.39, 0.29) is 11.5 Å². The summed E-state index contributed by atoms with van der Waals surface area (Å²) >= 11 is 0. The number of carbonyl (C=O) groups excluding carboxylic acids is 2. The number of hydrogen-bond donors (Lipinski definition) is 0. The molecule has 0 bridgehead atoms. The predicted octanol–water partition coefficient (Wildman–Crippen LogP) is 5.48. The Morgan fingerprint density at radius 1 is 0.967 bits per heavy atom. The number of allylic oxidation sites excluding steroid dienone is 1. The second kappa shape index (κ2) is 8.62. The average Bonchev–Trinajstić information content (AvgIpc) is 3.08. The first-order chi connectivity index (χ1) is 14.6. The van der Waals surface area contributed by atoms with Crippen LogP contribution in [0.25, 0.3) is 12.2 Å². The highest BCUT2D eigenvalue weighted by Gasteiger charge is 2.27. The van der Waals surface area contributed by atoms with E-state index in [4.69, 9.17) is 9.47 Å². The molecule has 4 heteroatoms. The van der Waals surface area contributed by atoms with E-state index in [9.17, 15) is 9.59 Å². The topological polar surface area (TPSA) is 52.6 Å². The third-order valence-electron chi connectivity index (χ3n) is 4.76. The molecule has 0 aliphatic carbocycles. The van der Waals surface area contributed by atoms with E-state index in [2.05, 4.69) is 6.92 Å². The zero-order chi connectivity index (χ0) is 20.9. The van der Waals surface area contributed by atoms with Crippen LogP contribution >= 0.6 is 0 Å². The Morgan fingerprint density at radius 3 is 2.47 bits per heavy atom. The average molecular weight is 396 g/mol. The number of ether oxygens (including phenoxy) is 2. The van der Waals surface area contributed by atoms with E-state index in [0.717, 1.165) is 17.5 Å². The SMILES string of the molecule is CCc1ccc(C=C2Oc3cc(OC(=O)C=Cc4ccccc4)ccc3C2=O)cc1. The molecule has 1 aliphatic heterocycles. The van der Waals surface area contributed by atoms with Crippen molar-refractivity contribution >= 4 is 23.9 Å². The number of hydrogen-bond acceptors (Lipinski definition) is 4. The molecule has 0 N–H and O–H groups in total. The number of aryl methyl sites for hydroxylation is 1. The minimum Gasteiger partial charge on any atom is -0.452 e. The Kier molecular flexibility index (Phi) is 5.57. The van der Waals surface area contributed by atoms with Crippen LogP contribution < -0.4 is 9.47 Å². The van der Waals surface area contributed by atoms with E-state index in [1.165, 1.54) is 11.6 Å². The van der Waals surface area contributed by atoms with Gasteiger partial charge in [0.1, 0.15) is 11.5 Å². The maximum absolute atomic E-state index is 12.6. The summed E-state index contributed by atoms with van der Waals surface area (Å²) in [6, 6.07) is 22.2. The zero-order valence-electron chi connectivity index (χ0n) is 16.5. The lowest BCUT2D eigenvalue weighted by molar-refractivity contribution is -0.128. The van der Waals surface area contributed by atoms with Crippen molar-refractivity contribution < 1.29 is 19.1 Å². The summed E-state index contributed by atoms with van der Waals surface area (Å²) in [6.45, 7) is 2.09. The Bertz CT molecular complexity index is 1140. The Balaban J connectivity index is 1.47. The van der Waals surface area contributed by atoms with Gasteiger partial charge < -0.3 is 9.47 Å². The summed E-state index contributed by atoms with van der Waals surface area (Å²) in [7, 11) is 0. The largest absolute Gasteiger partial charge is 0.452 e. The summed E-state index contributed by atoms with van der Waals surface area (Å²) in [5, 5.41) is 0. The molecular formula is C26H20O4. The van der Waals surface area contributed by atoms with E-state index in [1.54, 1.807) is 30.4 Å². The first-order valence-corrected chi connectivity index (χ1v) is 9.74. The molecule has 0 spiro atoms. The van der Waals surface area contributed by atoms with E-state index >= 15 is 0 Å². The Morgan fingerprint density at radius 2 is 1.73 bits per heavy atom. The van der Waals surface area contributed by atoms with Gasteiger partial charge in [-0.3, -0.25) is 4.79 Å². The molecule has 0 aromatic heterocycles. The van der Waals surface area contributed by atoms with Gasteiger partial charge in [-0.1, -0.05) is 61.5 Å². The van der Waals surface area contributed by atoms with Crippen molar-refractivity contribution in [2.45, 2.75) is 13.3 Å². The number of ketones is 1. The van der Waals surface area contributed by atoms with Crippen molar-refractivity contribution in [3.05, 3.63) is 107 Å². The van der Waals surface area contributed by atoms with Crippen molar-refractivity contribution in [2.75, 3.05) is 0 Å². The zero-order valence-corrected chi connectivity index (χ0v) is 16.5. The molecule has 1 heterocycles. The first-order valence-electron chi connectivity index (χ1n) is 9.74. The van der Waals surface area contributed by atoms with Gasteiger partial charge in [-0.2, -0.15) is 0 Å². The second-order valence-corrected chi connectivity index (χ2v) is 6.86. The number of benzene rings is 3. The van der Waals surface area contributed by atoms with E-state index < -0.39 is 5.97 Å². The van der Waals surface area contributed by atoms with Crippen molar-refractivity contribution in [1.82, 2.24) is 0 Å². The fourth-order valence-corrected chi connectivity index (χ4v) is 3.11. The van der Waals surface area contributed by atoms with Crippen LogP contribution in [-0.2, 0) is 11.2 Å². The van der Waals surface area contributed by atoms with Crippen LogP contribution in [0.3, 0.4) is 0 Å². The van der Waals surface area contributed by atoms with Gasteiger partial charge in [0, 0.05) is 12.1 Å². The van der Waals surface area contributed by atoms with Gasteiger partial charge in [-0.25, -0.2) is 4.79 Å². The molecule has 1 aliphatic rings. The highest BCUT2D eigenvalue weighted by molar-refractivity contribution is 6.14. The fourth-order valence-electron chi connectivity index (χ4n) is 3.11. The monoisotopic (exact) mass is 396 g/mol. The molecule has 148 valence electrons. The fraction of sp³-hybridized carbons (Fsp3) is 0.0769. The summed E-state index contributed by atoms with van der Waals surface area (Å²) in [6.07, 6.45) is 5.72. The van der Waals surface area contributed by atoms with Crippen LogP contribution in [0.1, 0.15) is 34.0 Å². The number of rotatable bonds is 5. The molecule has 0 amide bonds. The number of Topliss-reactive ketones (excluding diaryl/α,β-unsaturated/α-hetero) is 1. The quantitative estimate of drug-likeness (QED) is 0.325. The summed E-state index contributed by atoms with van der Waals surface area (Å²) in [5.74, 6) is 0.259. The molecule has 3 aromatic carbocycles. The van der Waals surface area contributed by atoms with Crippen LogP contribution in [-0.4, -0.2) is 11.8 Å². The predicted molar refractivity (Wildman–Crippen MR) is 116 cm³/mol. The molecule has 0 radical (unpaired) electrons. The highest BCUT2D eigenvalue weighted by Crippen LogP contribution is 2.35. The smallest absolute Gasteiger partial charge is 0.336 e. The van der Waals surface area contributed by atoms with Crippen molar-refractivity contribution in [2.24, 2.45) is 0 Å². The molecule has 0 fully saturated rings. The van der Waals surface area contributed by atoms with Crippen LogP contribution in [0.15, 0.2) is 84.6 Å². The molecule has 0 saturated carbocycles. The molecule has 0 unspecified atom stereocenters. The minimum absolute atomic E-state index is 0.189. The van der Waals surface area contributed by atoms with Crippen molar-refractivity contribution in [1.29, 1.82) is 0 Å². The van der Waals surface area contributed by atoms with Crippen molar-refractivity contribution in [3.63, 3.8) is 0 Å². The van der Waals surface area contributed by atoms with Gasteiger partial charge in [-0.15, -0.1) is 0 Å². The Labute approximate surface area is 175 Å². The van der Waals surface area contributed by atoms with E-state index in [0.29, 0.717) is 17.1 Å². The second-order valence-electron chi connectivity index (χ2n) is 6.86. The highest BCUT2D eigenvalue weighted by atomic mass is 16.5. The van der Waals surface area contributed by atoms with Crippen LogP contribution in [0.4, 0.5) is 0 Å². The van der Waals surface area contributed by atoms with Crippen molar-refractivity contribution in [3.8, 4) is 11.5 Å². The first kappa shape index (κ1) is 19.4. The number of fused-ring (bicyclic) bond motifs is 1. The van der Waals surface area contributed by atoms with Gasteiger partial charge in [0.2, 0.25) is 5.78 Å². The molecular weight excluding hydrogens is 376 g/mol. The molecule has 0 saturated heterocycles. The summed E-state index contributed by atoms with van der Waals surface area (Å²) in [4.78, 5) is 24.7. The molecule has 4 nitrogen and oxygen atoms in total. The minimum atomic E-state index is -0.505. The lowest BCUT2D eigenvalue weighted by atomic mass is 10.1. The van der Waals surface area contributed by atoms with Gasteiger partial charge in [-0.05, 0) is 47.4 Å². The third-order valence-corrected chi connectivity index (χ3v) is 4.76. The van der Waals surface area contributed by atoms with Gasteiger partial charge in [0.15, 0.2) is 5.76 Å². The molecule has 4 rings (SSSR count). The maximum atomic E-state index is 12.6. The third kappa shape index (κ3) is 4.39. The summed E-state index contributed by atoms with van der Waals surface area (Å²) < 4.78 is 11.1. The maximum Gasteiger partial charge on any atom is 0.336 e. The van der Waals surface area contributed by atoms with Gasteiger partial charge in [0.05, 0.1) is 5.56 Å². The molecule has 0 atom stereocenters. The Hall–Kier alpha value is -3.92. The standard InChI is InChI=1S/C26H20O4/c1-2-18-8-10-20(11-9-18)16-24-26(28)22-14-13-21(17-23(22)30-24)29-25(27)15-12-19-6-4-3-5-7-19/h3-17H,2H2,1H3. The molecule has 30 heavy (non-hydrogen) atoms. The van der Waals surface area contributed by atoms with E-state index in [1.807, 2.05) is 54.6 Å². The van der Waals surface area contributed by atoms with Gasteiger partial charge >= 0.3 is 5.97 Å².